The average Bonchev–Trinajstić information content (AvgIpc) is 3.26. The first-order valence-electron chi connectivity index (χ1n) is 8.36. The highest BCUT2D eigenvalue weighted by atomic mass is 35.5. The molecule has 2 heterocycles. The summed E-state index contributed by atoms with van der Waals surface area (Å²) >= 11 is 6.07. The molecule has 0 bridgehead atoms. The lowest BCUT2D eigenvalue weighted by atomic mass is 10.2. The van der Waals surface area contributed by atoms with Gasteiger partial charge in [-0.25, -0.2) is 4.79 Å². The van der Waals surface area contributed by atoms with Crippen molar-refractivity contribution in [1.29, 1.82) is 0 Å². The third kappa shape index (κ3) is 3.99. The Hall–Kier alpha value is -1.79. The molecule has 2 fully saturated rings. The van der Waals surface area contributed by atoms with Gasteiger partial charge in [0, 0.05) is 19.7 Å². The van der Waals surface area contributed by atoms with Crippen LogP contribution in [0.4, 0.5) is 10.5 Å². The van der Waals surface area contributed by atoms with Crippen LogP contribution in [0.3, 0.4) is 0 Å². The molecule has 2 saturated heterocycles. The first-order chi connectivity index (χ1) is 11.6. The highest BCUT2D eigenvalue weighted by Gasteiger charge is 2.34. The zero-order valence-corrected chi connectivity index (χ0v) is 14.2. The number of benzene rings is 1. The summed E-state index contributed by atoms with van der Waals surface area (Å²) in [5.41, 5.74) is 0.551. The predicted molar refractivity (Wildman–Crippen MR) is 92.2 cm³/mol. The summed E-state index contributed by atoms with van der Waals surface area (Å²) in [5.74, 6) is -0.114. The fourth-order valence-corrected chi connectivity index (χ4v) is 3.35. The molecule has 0 unspecified atom stereocenters. The third-order valence-corrected chi connectivity index (χ3v) is 4.79. The van der Waals surface area contributed by atoms with Crippen molar-refractivity contribution in [3.05, 3.63) is 29.3 Å². The van der Waals surface area contributed by atoms with Crippen LogP contribution in [0.5, 0.6) is 0 Å². The van der Waals surface area contributed by atoms with Crippen LogP contribution in [0, 0.1) is 0 Å². The normalized spacial score (nSPS) is 23.3. The van der Waals surface area contributed by atoms with Crippen LogP contribution in [0.2, 0.25) is 5.02 Å². The summed E-state index contributed by atoms with van der Waals surface area (Å²) in [5, 5.41) is 6.18. The second kappa shape index (κ2) is 7.85. The molecule has 1 aromatic carbocycles. The Morgan fingerprint density at radius 1 is 1.25 bits per heavy atom. The quantitative estimate of drug-likeness (QED) is 0.876. The molecule has 3 amide bonds. The topological polar surface area (TPSA) is 70.7 Å². The van der Waals surface area contributed by atoms with Gasteiger partial charge in [0.05, 0.1) is 16.8 Å². The number of ether oxygens (including phenoxy) is 1. The van der Waals surface area contributed by atoms with Crippen molar-refractivity contribution < 1.29 is 14.3 Å². The average molecular weight is 352 g/mol. The molecule has 2 aliphatic heterocycles. The van der Waals surface area contributed by atoms with E-state index in [4.69, 9.17) is 16.3 Å². The summed E-state index contributed by atoms with van der Waals surface area (Å²) in [6, 6.07) is 6.33. The van der Waals surface area contributed by atoms with Crippen molar-refractivity contribution in [3.8, 4) is 0 Å². The maximum Gasteiger partial charge on any atom is 0.322 e. The molecule has 0 aliphatic carbocycles. The second-order valence-electron chi connectivity index (χ2n) is 6.14. The number of carbonyl (C=O) groups excluding carboxylic acids is 2. The van der Waals surface area contributed by atoms with Crippen molar-refractivity contribution in [1.82, 2.24) is 10.2 Å². The Kier molecular flexibility index (Phi) is 5.58. The lowest BCUT2D eigenvalue weighted by molar-refractivity contribution is -0.125. The van der Waals surface area contributed by atoms with Gasteiger partial charge in [-0.3, -0.25) is 4.79 Å². The number of halogens is 1. The molecule has 1 aromatic rings. The maximum absolute atomic E-state index is 12.5. The largest absolute Gasteiger partial charge is 0.376 e. The summed E-state index contributed by atoms with van der Waals surface area (Å²) in [7, 11) is 0. The first-order valence-corrected chi connectivity index (χ1v) is 8.74. The molecule has 130 valence electrons. The minimum atomic E-state index is -0.436. The van der Waals surface area contributed by atoms with Crippen LogP contribution in [0.25, 0.3) is 0 Å². The van der Waals surface area contributed by atoms with Crippen molar-refractivity contribution in [2.75, 3.05) is 25.0 Å². The lowest BCUT2D eigenvalue weighted by Crippen LogP contribution is -2.48. The second-order valence-corrected chi connectivity index (χ2v) is 6.55. The van der Waals surface area contributed by atoms with Gasteiger partial charge in [0.2, 0.25) is 5.91 Å². The number of hydrogen-bond acceptors (Lipinski definition) is 3. The van der Waals surface area contributed by atoms with Crippen LogP contribution >= 0.6 is 11.6 Å². The molecule has 2 aliphatic rings. The zero-order valence-electron chi connectivity index (χ0n) is 13.5. The molecular weight excluding hydrogens is 330 g/mol. The van der Waals surface area contributed by atoms with Crippen molar-refractivity contribution in [2.45, 2.75) is 37.8 Å². The monoisotopic (exact) mass is 351 g/mol. The number of hydrogen-bond donors (Lipinski definition) is 2. The van der Waals surface area contributed by atoms with E-state index in [0.717, 1.165) is 25.9 Å². The fraction of sp³-hybridized carbons (Fsp3) is 0.529. The van der Waals surface area contributed by atoms with E-state index in [-0.39, 0.29) is 18.0 Å². The zero-order chi connectivity index (χ0) is 16.9. The smallest absolute Gasteiger partial charge is 0.322 e. The summed E-state index contributed by atoms with van der Waals surface area (Å²) in [4.78, 5) is 26.5. The lowest BCUT2D eigenvalue weighted by Gasteiger charge is -2.25. The van der Waals surface area contributed by atoms with E-state index in [0.29, 0.717) is 30.2 Å². The first kappa shape index (κ1) is 17.0. The highest BCUT2D eigenvalue weighted by molar-refractivity contribution is 6.33. The van der Waals surface area contributed by atoms with Gasteiger partial charge in [0.15, 0.2) is 0 Å². The van der Waals surface area contributed by atoms with Crippen LogP contribution in [0.1, 0.15) is 25.7 Å². The number of anilines is 1. The van der Waals surface area contributed by atoms with Crippen LogP contribution in [-0.2, 0) is 9.53 Å². The maximum atomic E-state index is 12.5. The number of carbonyl (C=O) groups is 2. The van der Waals surface area contributed by atoms with Gasteiger partial charge in [-0.1, -0.05) is 23.7 Å². The summed E-state index contributed by atoms with van der Waals surface area (Å²) in [6.07, 6.45) is 3.60. The van der Waals surface area contributed by atoms with E-state index in [2.05, 4.69) is 10.6 Å². The van der Waals surface area contributed by atoms with Gasteiger partial charge in [0.25, 0.3) is 0 Å². The molecular formula is C17H22ClN3O3. The number of para-hydroxylation sites is 1. The Morgan fingerprint density at radius 2 is 2.08 bits per heavy atom. The molecule has 7 heteroatoms. The van der Waals surface area contributed by atoms with Crippen LogP contribution in [0.15, 0.2) is 24.3 Å². The SMILES string of the molecule is O=C(NC[C@H]1CCCO1)[C@@H]1CCCN1C(=O)Nc1ccccc1Cl. The summed E-state index contributed by atoms with van der Waals surface area (Å²) in [6.45, 7) is 1.83. The Bertz CT molecular complexity index is 604. The molecule has 0 spiro atoms. The minimum Gasteiger partial charge on any atom is -0.376 e. The van der Waals surface area contributed by atoms with E-state index in [1.807, 2.05) is 0 Å². The van der Waals surface area contributed by atoms with Gasteiger partial charge in [-0.05, 0) is 37.8 Å². The highest BCUT2D eigenvalue weighted by Crippen LogP contribution is 2.23. The van der Waals surface area contributed by atoms with Crippen LogP contribution < -0.4 is 10.6 Å². The van der Waals surface area contributed by atoms with Crippen LogP contribution in [-0.4, -0.2) is 48.7 Å². The fourth-order valence-electron chi connectivity index (χ4n) is 3.17. The number of nitrogens with one attached hydrogen (secondary N) is 2. The molecule has 3 rings (SSSR count). The third-order valence-electron chi connectivity index (χ3n) is 4.46. The van der Waals surface area contributed by atoms with Gasteiger partial charge < -0.3 is 20.3 Å². The molecule has 2 atom stereocenters. The van der Waals surface area contributed by atoms with Gasteiger partial charge in [-0.2, -0.15) is 0 Å². The Morgan fingerprint density at radius 3 is 2.83 bits per heavy atom. The van der Waals surface area contributed by atoms with Gasteiger partial charge >= 0.3 is 6.03 Å². The molecule has 0 saturated carbocycles. The van der Waals surface area contributed by atoms with Crippen molar-refractivity contribution in [3.63, 3.8) is 0 Å². The molecule has 24 heavy (non-hydrogen) atoms. The standard InChI is InChI=1S/C17H22ClN3O3/c18-13-6-1-2-7-14(13)20-17(23)21-9-3-8-15(21)16(22)19-11-12-5-4-10-24-12/h1-2,6-7,12,15H,3-5,8-11H2,(H,19,22)(H,20,23)/t12-,15+/m1/s1. The predicted octanol–water partition coefficient (Wildman–Crippen LogP) is 2.63. The van der Waals surface area contributed by atoms with E-state index in [1.54, 1.807) is 29.2 Å². The number of rotatable bonds is 4. The van der Waals surface area contributed by atoms with Crippen molar-refractivity contribution in [2.24, 2.45) is 0 Å². The minimum absolute atomic E-state index is 0.0979. The Labute approximate surface area is 146 Å². The molecule has 6 nitrogen and oxygen atoms in total. The van der Waals surface area contributed by atoms with E-state index in [9.17, 15) is 9.59 Å². The number of urea groups is 1. The van der Waals surface area contributed by atoms with Gasteiger partial charge in [0.1, 0.15) is 6.04 Å². The number of amides is 3. The number of nitrogens with zero attached hydrogens (tertiary/aromatic N) is 1. The molecule has 0 radical (unpaired) electrons. The van der Waals surface area contributed by atoms with E-state index in [1.165, 1.54) is 0 Å². The van der Waals surface area contributed by atoms with Gasteiger partial charge in [-0.15, -0.1) is 0 Å². The van der Waals surface area contributed by atoms with E-state index < -0.39 is 6.04 Å². The summed E-state index contributed by atoms with van der Waals surface area (Å²) < 4.78 is 5.51. The molecule has 2 N–H and O–H groups in total. The Balaban J connectivity index is 1.56. The molecule has 0 aromatic heterocycles. The van der Waals surface area contributed by atoms with Crippen molar-refractivity contribution >= 4 is 29.2 Å². The van der Waals surface area contributed by atoms with E-state index >= 15 is 0 Å². The number of likely N-dealkylation sites (tertiary alicyclic amines) is 1.